The maximum absolute atomic E-state index is 12.7. The van der Waals surface area contributed by atoms with Gasteiger partial charge in [-0.1, -0.05) is 58.0 Å². The summed E-state index contributed by atoms with van der Waals surface area (Å²) in [4.78, 5) is 21.3. The minimum Gasteiger partial charge on any atom is -0.507 e. The first kappa shape index (κ1) is 17.7. The van der Waals surface area contributed by atoms with Crippen LogP contribution in [0.3, 0.4) is 0 Å². The van der Waals surface area contributed by atoms with E-state index in [1.807, 2.05) is 30.3 Å². The second kappa shape index (κ2) is 7.50. The van der Waals surface area contributed by atoms with Crippen molar-refractivity contribution in [1.82, 2.24) is 19.6 Å². The first-order valence-electron chi connectivity index (χ1n) is 8.02. The molecule has 6 nitrogen and oxygen atoms in total. The molecule has 0 saturated carbocycles. The van der Waals surface area contributed by atoms with Crippen molar-refractivity contribution in [2.75, 3.05) is 0 Å². The number of aromatic hydroxyl groups is 1. The summed E-state index contributed by atoms with van der Waals surface area (Å²) in [5.74, 6) is 0.744. The molecule has 1 N–H and O–H groups in total. The molecule has 4 aromatic rings. The molecular weight excluding hydrogens is 428 g/mol. The zero-order chi connectivity index (χ0) is 18.8. The molecule has 0 aliphatic rings. The molecule has 2 heterocycles. The Balaban J connectivity index is 1.59. The largest absolute Gasteiger partial charge is 0.507 e. The summed E-state index contributed by atoms with van der Waals surface area (Å²) in [6.45, 7) is 0. The van der Waals surface area contributed by atoms with Crippen molar-refractivity contribution >= 4 is 39.3 Å². The second-order valence-electron chi connectivity index (χ2n) is 5.75. The highest BCUT2D eigenvalue weighted by Crippen LogP contribution is 2.25. The van der Waals surface area contributed by atoms with Gasteiger partial charge in [-0.05, 0) is 23.8 Å². The number of nitrogens with zero attached hydrogens (tertiary/aromatic N) is 4. The number of carbonyl (C=O) groups excluding carboxylic acids is 1. The van der Waals surface area contributed by atoms with E-state index in [2.05, 4.69) is 31.0 Å². The molecule has 0 atom stereocenters. The van der Waals surface area contributed by atoms with Gasteiger partial charge in [0.2, 0.25) is 5.16 Å². The Kier molecular flexibility index (Phi) is 4.91. The normalized spacial score (nSPS) is 11.0. The van der Waals surface area contributed by atoms with Gasteiger partial charge in [0, 0.05) is 22.6 Å². The average Bonchev–Trinajstić information content (AvgIpc) is 3.10. The Labute approximate surface area is 167 Å². The van der Waals surface area contributed by atoms with Crippen LogP contribution in [0.5, 0.6) is 5.75 Å². The number of halogens is 1. The predicted molar refractivity (Wildman–Crippen MR) is 106 cm³/mol. The molecule has 0 amide bonds. The van der Waals surface area contributed by atoms with Crippen LogP contribution < -0.4 is 0 Å². The molecule has 2 aromatic heterocycles. The summed E-state index contributed by atoms with van der Waals surface area (Å²) in [5, 5.41) is 14.9. The molecule has 4 rings (SSSR count). The Morgan fingerprint density at radius 3 is 2.81 bits per heavy atom. The van der Waals surface area contributed by atoms with Gasteiger partial charge in [0.25, 0.3) is 5.78 Å². The maximum atomic E-state index is 12.7. The lowest BCUT2D eigenvalue weighted by Gasteiger charge is -2.04. The number of carbonyl (C=O) groups is 1. The lowest BCUT2D eigenvalue weighted by Crippen LogP contribution is -2.05. The molecule has 0 fully saturated rings. The third kappa shape index (κ3) is 3.86. The fourth-order valence-corrected chi connectivity index (χ4v) is 3.65. The van der Waals surface area contributed by atoms with Crippen molar-refractivity contribution in [3.05, 3.63) is 82.1 Å². The van der Waals surface area contributed by atoms with E-state index in [0.29, 0.717) is 21.0 Å². The molecule has 134 valence electrons. The van der Waals surface area contributed by atoms with Gasteiger partial charge >= 0.3 is 0 Å². The van der Waals surface area contributed by atoms with E-state index >= 15 is 0 Å². The number of aromatic nitrogens is 4. The average molecular weight is 441 g/mol. The van der Waals surface area contributed by atoms with Crippen molar-refractivity contribution in [3.63, 3.8) is 0 Å². The summed E-state index contributed by atoms with van der Waals surface area (Å²) >= 11 is 4.81. The molecular formula is C19H13BrN4O2S. The van der Waals surface area contributed by atoms with Crippen molar-refractivity contribution in [2.24, 2.45) is 0 Å². The van der Waals surface area contributed by atoms with Crippen LogP contribution in [0.1, 0.15) is 21.5 Å². The van der Waals surface area contributed by atoms with E-state index in [4.69, 9.17) is 0 Å². The van der Waals surface area contributed by atoms with Gasteiger partial charge < -0.3 is 5.11 Å². The van der Waals surface area contributed by atoms with Crippen LogP contribution in [0, 0.1) is 0 Å². The van der Waals surface area contributed by atoms with Crippen LogP contribution in [-0.2, 0) is 5.75 Å². The van der Waals surface area contributed by atoms with Crippen LogP contribution in [-0.4, -0.2) is 30.5 Å². The Morgan fingerprint density at radius 2 is 2.00 bits per heavy atom. The van der Waals surface area contributed by atoms with E-state index in [0.717, 1.165) is 5.75 Å². The fourth-order valence-electron chi connectivity index (χ4n) is 2.51. The molecule has 0 spiro atoms. The maximum Gasteiger partial charge on any atom is 0.253 e. The topological polar surface area (TPSA) is 80.4 Å². The van der Waals surface area contributed by atoms with Crippen LogP contribution in [0.25, 0.3) is 5.78 Å². The molecule has 8 heteroatoms. The minimum atomic E-state index is -0.336. The number of ketones is 1. The van der Waals surface area contributed by atoms with Gasteiger partial charge in [0.15, 0.2) is 5.78 Å². The Hall–Kier alpha value is -2.71. The highest BCUT2D eigenvalue weighted by Gasteiger charge is 2.16. The Bertz CT molecular complexity index is 1130. The molecule has 0 radical (unpaired) electrons. The van der Waals surface area contributed by atoms with Crippen molar-refractivity contribution in [1.29, 1.82) is 0 Å². The van der Waals surface area contributed by atoms with Crippen molar-refractivity contribution in [2.45, 2.75) is 10.9 Å². The number of thioether (sulfide) groups is 1. The third-order valence-corrected chi connectivity index (χ3v) is 5.25. The smallest absolute Gasteiger partial charge is 0.253 e. The van der Waals surface area contributed by atoms with Gasteiger partial charge in [0.1, 0.15) is 5.75 Å². The number of phenols is 1. The predicted octanol–water partition coefficient (Wildman–Crippen LogP) is 4.12. The van der Waals surface area contributed by atoms with E-state index < -0.39 is 0 Å². The monoisotopic (exact) mass is 440 g/mol. The lowest BCUT2D eigenvalue weighted by atomic mass is 10.1. The zero-order valence-corrected chi connectivity index (χ0v) is 16.3. The molecule has 27 heavy (non-hydrogen) atoms. The lowest BCUT2D eigenvalue weighted by molar-refractivity contribution is 0.103. The number of phenolic OH excluding ortho intramolecular Hbond substituents is 1. The molecule has 0 saturated heterocycles. The first-order valence-corrected chi connectivity index (χ1v) is 9.80. The molecule has 0 aliphatic carbocycles. The standard InChI is InChI=1S/C19H13BrN4O2S/c20-14-6-7-16(25)15(8-14)17(26)13-9-21-18-22-19(23-24(18)10-13)27-11-12-4-2-1-3-5-12/h1-10,25H,11H2. The van der Waals surface area contributed by atoms with Gasteiger partial charge in [-0.15, -0.1) is 5.10 Å². The van der Waals surface area contributed by atoms with E-state index in [1.54, 1.807) is 18.3 Å². The molecule has 0 unspecified atom stereocenters. The van der Waals surface area contributed by atoms with Crippen LogP contribution >= 0.6 is 27.7 Å². The summed E-state index contributed by atoms with van der Waals surface area (Å²) in [7, 11) is 0. The molecule has 0 aliphatic heterocycles. The van der Waals surface area contributed by atoms with E-state index in [9.17, 15) is 9.90 Å². The highest BCUT2D eigenvalue weighted by molar-refractivity contribution is 9.10. The van der Waals surface area contributed by atoms with Gasteiger partial charge in [-0.2, -0.15) is 4.98 Å². The molecule has 2 aromatic carbocycles. The van der Waals surface area contributed by atoms with Gasteiger partial charge in [0.05, 0.1) is 11.1 Å². The zero-order valence-electron chi connectivity index (χ0n) is 13.9. The fraction of sp³-hybridized carbons (Fsp3) is 0.0526. The highest BCUT2D eigenvalue weighted by atomic mass is 79.9. The number of hydrogen-bond acceptors (Lipinski definition) is 6. The summed E-state index contributed by atoms with van der Waals surface area (Å²) in [5.41, 5.74) is 1.69. The molecule has 0 bridgehead atoms. The number of rotatable bonds is 5. The van der Waals surface area contributed by atoms with Crippen LogP contribution in [0.15, 0.2) is 70.6 Å². The number of hydrogen-bond donors (Lipinski definition) is 1. The van der Waals surface area contributed by atoms with Gasteiger partial charge in [-0.25, -0.2) is 9.50 Å². The van der Waals surface area contributed by atoms with E-state index in [1.165, 1.54) is 34.1 Å². The van der Waals surface area contributed by atoms with Gasteiger partial charge in [-0.3, -0.25) is 4.79 Å². The number of benzene rings is 2. The SMILES string of the molecule is O=C(c1cnc2nc(SCc3ccccc3)nn2c1)c1cc(Br)ccc1O. The van der Waals surface area contributed by atoms with Crippen LogP contribution in [0.4, 0.5) is 0 Å². The third-order valence-electron chi connectivity index (χ3n) is 3.85. The first-order chi connectivity index (χ1) is 13.1. The quantitative estimate of drug-likeness (QED) is 0.371. The van der Waals surface area contributed by atoms with Crippen molar-refractivity contribution in [3.8, 4) is 5.75 Å². The number of fused-ring (bicyclic) bond motifs is 1. The van der Waals surface area contributed by atoms with Crippen molar-refractivity contribution < 1.29 is 9.90 Å². The summed E-state index contributed by atoms with van der Waals surface area (Å²) in [6.07, 6.45) is 3.02. The summed E-state index contributed by atoms with van der Waals surface area (Å²) in [6, 6.07) is 14.8. The summed E-state index contributed by atoms with van der Waals surface area (Å²) < 4.78 is 2.19. The van der Waals surface area contributed by atoms with Crippen LogP contribution in [0.2, 0.25) is 0 Å². The Morgan fingerprint density at radius 1 is 1.19 bits per heavy atom. The second-order valence-corrected chi connectivity index (χ2v) is 7.60. The minimum absolute atomic E-state index is 0.0824. The van der Waals surface area contributed by atoms with E-state index in [-0.39, 0.29) is 17.1 Å².